The maximum Gasteiger partial charge on any atom is 0.215 e. The molecule has 140 valence electrons. The second-order valence-electron chi connectivity index (χ2n) is 6.88. The van der Waals surface area contributed by atoms with Crippen LogP contribution < -0.4 is 5.73 Å². The summed E-state index contributed by atoms with van der Waals surface area (Å²) >= 11 is 12.3. The number of hydrogen-bond donors (Lipinski definition) is 1. The Morgan fingerprint density at radius 1 is 1.15 bits per heavy atom. The van der Waals surface area contributed by atoms with E-state index in [-0.39, 0.29) is 16.8 Å². The number of pyridine rings is 1. The first kappa shape index (κ1) is 18.4. The molecule has 27 heavy (non-hydrogen) atoms. The summed E-state index contributed by atoms with van der Waals surface area (Å²) in [5, 5.41) is 0.615. The van der Waals surface area contributed by atoms with E-state index in [1.165, 1.54) is 0 Å². The summed E-state index contributed by atoms with van der Waals surface area (Å²) in [6.45, 7) is 2.55. The van der Waals surface area contributed by atoms with E-state index in [1.54, 1.807) is 18.2 Å². The fourth-order valence-corrected chi connectivity index (χ4v) is 3.88. The van der Waals surface area contributed by atoms with E-state index >= 15 is 0 Å². The van der Waals surface area contributed by atoms with Crippen molar-refractivity contribution in [3.05, 3.63) is 69.7 Å². The zero-order chi connectivity index (χ0) is 19.0. The van der Waals surface area contributed by atoms with Crippen LogP contribution >= 0.6 is 23.2 Å². The van der Waals surface area contributed by atoms with Crippen LogP contribution in [0.25, 0.3) is 5.52 Å². The van der Waals surface area contributed by atoms with Crippen LogP contribution in [-0.2, 0) is 6.54 Å². The number of fused-ring (bicyclic) bond motifs is 1. The zero-order valence-corrected chi connectivity index (χ0v) is 16.2. The van der Waals surface area contributed by atoms with Gasteiger partial charge in [-0.1, -0.05) is 35.3 Å². The van der Waals surface area contributed by atoms with Gasteiger partial charge in [-0.25, -0.2) is 4.98 Å². The van der Waals surface area contributed by atoms with Gasteiger partial charge in [0.25, 0.3) is 0 Å². The fraction of sp³-hybridized carbons (Fsp3) is 0.300. The number of aromatic nitrogens is 2. The third kappa shape index (κ3) is 3.60. The van der Waals surface area contributed by atoms with E-state index in [2.05, 4.69) is 9.88 Å². The molecule has 1 aromatic carbocycles. The molecule has 1 fully saturated rings. The number of nitrogens with zero attached hydrogens (tertiary/aromatic N) is 3. The maximum atomic E-state index is 13.1. The summed E-state index contributed by atoms with van der Waals surface area (Å²) in [4.78, 5) is 20.1. The number of ketones is 1. The maximum absolute atomic E-state index is 13.1. The van der Waals surface area contributed by atoms with Gasteiger partial charge in [0, 0.05) is 30.9 Å². The quantitative estimate of drug-likeness (QED) is 0.674. The minimum atomic E-state index is -0.224. The van der Waals surface area contributed by atoms with Gasteiger partial charge in [0.15, 0.2) is 0 Å². The molecule has 0 spiro atoms. The zero-order valence-electron chi connectivity index (χ0n) is 14.7. The fourth-order valence-electron chi connectivity index (χ4n) is 3.50. The lowest BCUT2D eigenvalue weighted by atomic mass is 10.1. The summed E-state index contributed by atoms with van der Waals surface area (Å²) in [6.07, 6.45) is 3.89. The second kappa shape index (κ2) is 7.60. The van der Waals surface area contributed by atoms with Gasteiger partial charge in [0.05, 0.1) is 22.1 Å². The van der Waals surface area contributed by atoms with Gasteiger partial charge >= 0.3 is 0 Å². The number of piperidine rings is 1. The Hall–Kier alpha value is -1.92. The molecule has 2 aromatic heterocycles. The Morgan fingerprint density at radius 3 is 2.70 bits per heavy atom. The molecule has 1 saturated heterocycles. The molecule has 0 atom stereocenters. The average molecular weight is 403 g/mol. The lowest BCUT2D eigenvalue weighted by molar-refractivity contribution is 0.103. The number of nitrogens with two attached hydrogens (primary N) is 1. The van der Waals surface area contributed by atoms with Crippen molar-refractivity contribution in [2.45, 2.75) is 25.4 Å². The first-order valence-electron chi connectivity index (χ1n) is 8.97. The molecule has 0 aliphatic carbocycles. The minimum absolute atomic E-state index is 0.224. The number of rotatable bonds is 4. The van der Waals surface area contributed by atoms with Crippen molar-refractivity contribution in [3.8, 4) is 0 Å². The van der Waals surface area contributed by atoms with E-state index in [0.29, 0.717) is 22.8 Å². The van der Waals surface area contributed by atoms with Gasteiger partial charge in [0.2, 0.25) is 5.78 Å². The molecule has 1 aliphatic heterocycles. The van der Waals surface area contributed by atoms with Gasteiger partial charge in [0.1, 0.15) is 11.5 Å². The average Bonchev–Trinajstić information content (AvgIpc) is 3.04. The molecule has 3 heterocycles. The van der Waals surface area contributed by atoms with E-state index in [9.17, 15) is 4.79 Å². The first-order chi connectivity index (χ1) is 13.0. The highest BCUT2D eigenvalue weighted by Gasteiger charge is 2.23. The van der Waals surface area contributed by atoms with Gasteiger partial charge in [-0.3, -0.25) is 9.69 Å². The summed E-state index contributed by atoms with van der Waals surface area (Å²) in [5.41, 5.74) is 7.52. The number of halogens is 2. The lowest BCUT2D eigenvalue weighted by Crippen LogP contribution is -2.39. The predicted octanol–water partition coefficient (Wildman–Crippen LogP) is 3.80. The van der Waals surface area contributed by atoms with Crippen molar-refractivity contribution < 1.29 is 4.79 Å². The van der Waals surface area contributed by atoms with Crippen LogP contribution in [0.5, 0.6) is 0 Å². The molecule has 2 N–H and O–H groups in total. The third-order valence-electron chi connectivity index (χ3n) is 5.03. The molecule has 0 amide bonds. The molecule has 4 rings (SSSR count). The molecule has 0 radical (unpaired) electrons. The number of likely N-dealkylation sites (tertiary alicyclic amines) is 1. The largest absolute Gasteiger partial charge is 0.328 e. The SMILES string of the molecule is NC1CCN(Cc2nc(C(=O)c3cccc(Cl)c3Cl)c3ccccn23)CC1. The molecule has 0 unspecified atom stereocenters. The first-order valence-corrected chi connectivity index (χ1v) is 9.73. The third-order valence-corrected chi connectivity index (χ3v) is 5.85. The Labute approximate surface area is 167 Å². The molecule has 5 nitrogen and oxygen atoms in total. The molecular weight excluding hydrogens is 383 g/mol. The molecule has 7 heteroatoms. The number of carbonyl (C=O) groups is 1. The van der Waals surface area contributed by atoms with Crippen LogP contribution in [0.15, 0.2) is 42.6 Å². The lowest BCUT2D eigenvalue weighted by Gasteiger charge is -2.29. The Morgan fingerprint density at radius 2 is 1.93 bits per heavy atom. The number of imidazole rings is 1. The topological polar surface area (TPSA) is 63.6 Å². The highest BCUT2D eigenvalue weighted by molar-refractivity contribution is 6.44. The van der Waals surface area contributed by atoms with Crippen LogP contribution in [0.4, 0.5) is 0 Å². The summed E-state index contributed by atoms with van der Waals surface area (Å²) in [7, 11) is 0. The van der Waals surface area contributed by atoms with Crippen molar-refractivity contribution in [3.63, 3.8) is 0 Å². The smallest absolute Gasteiger partial charge is 0.215 e. The molecule has 0 saturated carbocycles. The Kier molecular flexibility index (Phi) is 5.19. The molecule has 3 aromatic rings. The van der Waals surface area contributed by atoms with E-state index in [0.717, 1.165) is 37.3 Å². The monoisotopic (exact) mass is 402 g/mol. The second-order valence-corrected chi connectivity index (χ2v) is 7.66. The summed E-state index contributed by atoms with van der Waals surface area (Å²) < 4.78 is 1.97. The highest BCUT2D eigenvalue weighted by atomic mass is 35.5. The van der Waals surface area contributed by atoms with Crippen LogP contribution in [0, 0.1) is 0 Å². The normalized spacial score (nSPS) is 16.1. The van der Waals surface area contributed by atoms with Crippen LogP contribution in [0.2, 0.25) is 10.0 Å². The van der Waals surface area contributed by atoms with Crippen molar-refractivity contribution in [2.24, 2.45) is 5.73 Å². The Balaban J connectivity index is 1.71. The summed E-state index contributed by atoms with van der Waals surface area (Å²) in [5.74, 6) is 0.612. The van der Waals surface area contributed by atoms with E-state index < -0.39 is 0 Å². The van der Waals surface area contributed by atoms with Gasteiger partial charge < -0.3 is 10.1 Å². The van der Waals surface area contributed by atoms with E-state index in [1.807, 2.05) is 28.8 Å². The van der Waals surface area contributed by atoms with Crippen LogP contribution in [0.1, 0.15) is 34.7 Å². The summed E-state index contributed by atoms with van der Waals surface area (Å²) in [6, 6.07) is 11.1. The van der Waals surface area contributed by atoms with Crippen molar-refractivity contribution >= 4 is 34.5 Å². The Bertz CT molecular complexity index is 993. The minimum Gasteiger partial charge on any atom is -0.328 e. The molecule has 1 aliphatic rings. The number of hydrogen-bond acceptors (Lipinski definition) is 4. The van der Waals surface area contributed by atoms with Gasteiger partial charge in [-0.2, -0.15) is 0 Å². The highest BCUT2D eigenvalue weighted by Crippen LogP contribution is 2.28. The predicted molar refractivity (Wildman–Crippen MR) is 108 cm³/mol. The van der Waals surface area contributed by atoms with Crippen molar-refractivity contribution in [1.29, 1.82) is 0 Å². The molecular formula is C20H20Cl2N4O. The van der Waals surface area contributed by atoms with E-state index in [4.69, 9.17) is 28.9 Å². The van der Waals surface area contributed by atoms with Gasteiger partial charge in [-0.15, -0.1) is 0 Å². The van der Waals surface area contributed by atoms with Crippen molar-refractivity contribution in [2.75, 3.05) is 13.1 Å². The van der Waals surface area contributed by atoms with Gasteiger partial charge in [-0.05, 0) is 37.1 Å². The van der Waals surface area contributed by atoms with Crippen LogP contribution in [0.3, 0.4) is 0 Å². The van der Waals surface area contributed by atoms with Crippen molar-refractivity contribution in [1.82, 2.24) is 14.3 Å². The number of carbonyl (C=O) groups excluding carboxylic acids is 1. The van der Waals surface area contributed by atoms with Crippen LogP contribution in [-0.4, -0.2) is 39.2 Å². The standard InChI is InChI=1S/C20H20Cl2N4O/c21-15-5-3-4-14(18(15)22)20(27)19-16-6-1-2-9-26(16)17(24-19)12-25-10-7-13(23)8-11-25/h1-6,9,13H,7-8,10-12,23H2. The number of benzene rings is 1. The molecule has 0 bridgehead atoms.